The summed E-state index contributed by atoms with van der Waals surface area (Å²) >= 11 is 1.46. The van der Waals surface area contributed by atoms with Crippen LogP contribution in [0.25, 0.3) is 0 Å². The summed E-state index contributed by atoms with van der Waals surface area (Å²) in [7, 11) is 0. The minimum Gasteiger partial charge on any atom is -0.494 e. The van der Waals surface area contributed by atoms with Crippen LogP contribution in [-0.4, -0.2) is 18.2 Å². The smallest absolute Gasteiger partial charge is 0.128 e. The molecule has 5 heteroatoms. The summed E-state index contributed by atoms with van der Waals surface area (Å²) in [4.78, 5) is 5.18. The maximum absolute atomic E-state index is 9.01. The molecule has 0 unspecified atom stereocenters. The van der Waals surface area contributed by atoms with Crippen molar-refractivity contribution in [2.24, 2.45) is 0 Å². The molecule has 1 aromatic heterocycles. The highest BCUT2D eigenvalue weighted by molar-refractivity contribution is 7.12. The van der Waals surface area contributed by atoms with Crippen LogP contribution in [0.1, 0.15) is 29.4 Å². The van der Waals surface area contributed by atoms with Gasteiger partial charge in [0.2, 0.25) is 0 Å². The number of nitrogens with zero attached hydrogens (tertiary/aromatic N) is 2. The van der Waals surface area contributed by atoms with E-state index in [0.29, 0.717) is 24.5 Å². The fraction of sp³-hybridized carbons (Fsp3) is 0.375. The lowest BCUT2D eigenvalue weighted by Crippen LogP contribution is -2.01. The van der Waals surface area contributed by atoms with E-state index in [2.05, 4.69) is 11.1 Å². The van der Waals surface area contributed by atoms with E-state index in [1.807, 2.05) is 38.1 Å². The molecule has 21 heavy (non-hydrogen) atoms. The van der Waals surface area contributed by atoms with Crippen molar-refractivity contribution in [2.45, 2.75) is 26.7 Å². The second kappa shape index (κ2) is 7.65. The molecule has 0 saturated heterocycles. The first-order valence-corrected chi connectivity index (χ1v) is 7.82. The highest BCUT2D eigenvalue weighted by Crippen LogP contribution is 2.20. The van der Waals surface area contributed by atoms with Gasteiger partial charge in [-0.15, -0.1) is 11.3 Å². The summed E-state index contributed by atoms with van der Waals surface area (Å²) in [5.74, 6) is 1.65. The highest BCUT2D eigenvalue weighted by atomic mass is 32.1. The maximum Gasteiger partial charge on any atom is 0.128 e. The first kappa shape index (κ1) is 15.3. The van der Waals surface area contributed by atoms with Gasteiger partial charge in [-0.25, -0.2) is 4.98 Å². The summed E-state index contributed by atoms with van der Waals surface area (Å²) in [5.41, 5.74) is 0.888. The Balaban J connectivity index is 1.86. The predicted molar refractivity (Wildman–Crippen MR) is 83.0 cm³/mol. The van der Waals surface area contributed by atoms with Crippen LogP contribution in [0.3, 0.4) is 0 Å². The number of rotatable bonds is 7. The van der Waals surface area contributed by atoms with Gasteiger partial charge in [0, 0.05) is 6.42 Å². The Kier molecular flexibility index (Phi) is 5.59. The second-order valence-corrected chi connectivity index (χ2v) is 5.44. The molecule has 0 radical (unpaired) electrons. The van der Waals surface area contributed by atoms with E-state index in [9.17, 15) is 0 Å². The van der Waals surface area contributed by atoms with E-state index in [0.717, 1.165) is 28.6 Å². The Morgan fingerprint density at radius 2 is 1.81 bits per heavy atom. The first-order valence-electron chi connectivity index (χ1n) is 7.01. The van der Waals surface area contributed by atoms with Gasteiger partial charge in [-0.2, -0.15) is 5.26 Å². The molecular weight excluding hydrogens is 284 g/mol. The molecule has 0 aliphatic rings. The van der Waals surface area contributed by atoms with Crippen molar-refractivity contribution < 1.29 is 9.47 Å². The Morgan fingerprint density at radius 3 is 2.33 bits per heavy atom. The third kappa shape index (κ3) is 4.20. The molecule has 2 rings (SSSR count). The molecule has 0 amide bonds. The summed E-state index contributed by atoms with van der Waals surface area (Å²) < 4.78 is 11.1. The summed E-state index contributed by atoms with van der Waals surface area (Å²) in [5, 5.41) is 9.97. The van der Waals surface area contributed by atoms with Gasteiger partial charge >= 0.3 is 0 Å². The third-order valence-electron chi connectivity index (χ3n) is 2.90. The van der Waals surface area contributed by atoms with Crippen molar-refractivity contribution >= 4 is 11.3 Å². The standard InChI is InChI=1S/C16H18N2O2S/c1-3-14-15(11-17)21-16(18-14)9-10-20-13-7-5-12(6-8-13)19-4-2/h5-8H,3-4,9-10H2,1-2H3. The Labute approximate surface area is 129 Å². The predicted octanol–water partition coefficient (Wildman–Crippen LogP) is 3.60. The van der Waals surface area contributed by atoms with Crippen LogP contribution in [0, 0.1) is 11.3 Å². The SMILES string of the molecule is CCOc1ccc(OCCc2nc(CC)c(C#N)s2)cc1. The van der Waals surface area contributed by atoms with Gasteiger partial charge in [0.15, 0.2) is 0 Å². The molecular formula is C16H18N2O2S. The maximum atomic E-state index is 9.01. The number of nitriles is 1. The van der Waals surface area contributed by atoms with Gasteiger partial charge in [0.1, 0.15) is 22.4 Å². The fourth-order valence-corrected chi connectivity index (χ4v) is 2.82. The van der Waals surface area contributed by atoms with Crippen LogP contribution in [0.4, 0.5) is 0 Å². The molecule has 0 fully saturated rings. The minimum absolute atomic E-state index is 0.551. The number of thiazole rings is 1. The van der Waals surface area contributed by atoms with Crippen molar-refractivity contribution in [1.29, 1.82) is 5.26 Å². The first-order chi connectivity index (χ1) is 10.3. The molecule has 0 N–H and O–H groups in total. The van der Waals surface area contributed by atoms with E-state index in [4.69, 9.17) is 14.7 Å². The van der Waals surface area contributed by atoms with Gasteiger partial charge in [-0.1, -0.05) is 6.92 Å². The van der Waals surface area contributed by atoms with Crippen LogP contribution in [0.2, 0.25) is 0 Å². The minimum atomic E-state index is 0.551. The molecule has 0 atom stereocenters. The average molecular weight is 302 g/mol. The van der Waals surface area contributed by atoms with Crippen LogP contribution in [-0.2, 0) is 12.8 Å². The molecule has 0 bridgehead atoms. The fourth-order valence-electron chi connectivity index (χ4n) is 1.89. The lowest BCUT2D eigenvalue weighted by molar-refractivity contribution is 0.318. The summed E-state index contributed by atoms with van der Waals surface area (Å²) in [6.45, 7) is 5.18. The normalized spacial score (nSPS) is 10.1. The molecule has 2 aromatic rings. The molecule has 110 valence electrons. The zero-order valence-electron chi connectivity index (χ0n) is 12.3. The van der Waals surface area contributed by atoms with Crippen molar-refractivity contribution in [1.82, 2.24) is 4.98 Å². The Bertz CT molecular complexity index is 614. The third-order valence-corrected chi connectivity index (χ3v) is 3.96. The number of ether oxygens (including phenoxy) is 2. The largest absolute Gasteiger partial charge is 0.494 e. The molecule has 0 aliphatic carbocycles. The zero-order chi connectivity index (χ0) is 15.1. The molecule has 1 heterocycles. The van der Waals surface area contributed by atoms with Crippen LogP contribution in [0.15, 0.2) is 24.3 Å². The molecule has 0 spiro atoms. The van der Waals surface area contributed by atoms with Crippen LogP contribution >= 0.6 is 11.3 Å². The van der Waals surface area contributed by atoms with Gasteiger partial charge in [0.25, 0.3) is 0 Å². The van der Waals surface area contributed by atoms with Gasteiger partial charge in [0.05, 0.1) is 23.9 Å². The van der Waals surface area contributed by atoms with E-state index < -0.39 is 0 Å². The van der Waals surface area contributed by atoms with E-state index >= 15 is 0 Å². The van der Waals surface area contributed by atoms with Crippen LogP contribution in [0.5, 0.6) is 11.5 Å². The van der Waals surface area contributed by atoms with Gasteiger partial charge < -0.3 is 9.47 Å². The van der Waals surface area contributed by atoms with E-state index in [1.54, 1.807) is 0 Å². The molecule has 0 saturated carbocycles. The van der Waals surface area contributed by atoms with Crippen LogP contribution < -0.4 is 9.47 Å². The van der Waals surface area contributed by atoms with Crippen molar-refractivity contribution in [3.8, 4) is 17.6 Å². The highest BCUT2D eigenvalue weighted by Gasteiger charge is 2.09. The Morgan fingerprint density at radius 1 is 1.14 bits per heavy atom. The number of aryl methyl sites for hydroxylation is 1. The number of hydrogen-bond donors (Lipinski definition) is 0. The number of hydrogen-bond acceptors (Lipinski definition) is 5. The topological polar surface area (TPSA) is 55.1 Å². The Hall–Kier alpha value is -2.06. The summed E-state index contributed by atoms with van der Waals surface area (Å²) in [6.07, 6.45) is 1.51. The molecule has 1 aromatic carbocycles. The van der Waals surface area contributed by atoms with Crippen molar-refractivity contribution in [3.05, 3.63) is 39.8 Å². The van der Waals surface area contributed by atoms with E-state index in [1.165, 1.54) is 11.3 Å². The van der Waals surface area contributed by atoms with Crippen molar-refractivity contribution in [3.63, 3.8) is 0 Å². The van der Waals surface area contributed by atoms with Gasteiger partial charge in [-0.05, 0) is 37.6 Å². The van der Waals surface area contributed by atoms with Gasteiger partial charge in [-0.3, -0.25) is 0 Å². The second-order valence-electron chi connectivity index (χ2n) is 4.35. The lowest BCUT2D eigenvalue weighted by atomic mass is 10.3. The molecule has 4 nitrogen and oxygen atoms in total. The lowest BCUT2D eigenvalue weighted by Gasteiger charge is -2.06. The summed E-state index contributed by atoms with van der Waals surface area (Å²) in [6, 6.07) is 9.77. The average Bonchev–Trinajstić information content (AvgIpc) is 2.92. The van der Waals surface area contributed by atoms with E-state index in [-0.39, 0.29) is 0 Å². The molecule has 0 aliphatic heterocycles. The quantitative estimate of drug-likeness (QED) is 0.784. The zero-order valence-corrected chi connectivity index (χ0v) is 13.1. The monoisotopic (exact) mass is 302 g/mol. The van der Waals surface area contributed by atoms with Crippen molar-refractivity contribution in [2.75, 3.05) is 13.2 Å². The number of benzene rings is 1. The number of aromatic nitrogens is 1.